The van der Waals surface area contributed by atoms with Crippen LogP contribution in [-0.2, 0) is 12.8 Å². The average molecular weight is 342 g/mol. The molecular formula is C15H17BrFNS. The highest BCUT2D eigenvalue weighted by atomic mass is 79.9. The van der Waals surface area contributed by atoms with Crippen LogP contribution in [0, 0.1) is 5.82 Å². The van der Waals surface area contributed by atoms with E-state index in [0.717, 1.165) is 18.4 Å². The van der Waals surface area contributed by atoms with Crippen molar-refractivity contribution in [1.29, 1.82) is 0 Å². The number of benzene rings is 1. The first-order valence-electron chi connectivity index (χ1n) is 6.34. The first kappa shape index (κ1) is 14.7. The largest absolute Gasteiger partial charge is 0.313 e. The summed E-state index contributed by atoms with van der Waals surface area (Å²) in [5.41, 5.74) is 0.967. The highest BCUT2D eigenvalue weighted by Gasteiger charge is 2.16. The second-order valence-electron chi connectivity index (χ2n) is 4.41. The normalized spacial score (nSPS) is 12.6. The summed E-state index contributed by atoms with van der Waals surface area (Å²) in [5, 5.41) is 3.27. The molecular weight excluding hydrogens is 325 g/mol. The zero-order chi connectivity index (χ0) is 13.8. The van der Waals surface area contributed by atoms with Crippen molar-refractivity contribution >= 4 is 27.3 Å². The van der Waals surface area contributed by atoms with E-state index in [1.807, 2.05) is 24.5 Å². The fraction of sp³-hybridized carbons (Fsp3) is 0.333. The van der Waals surface area contributed by atoms with Crippen molar-refractivity contribution < 1.29 is 4.39 Å². The monoisotopic (exact) mass is 341 g/mol. The van der Waals surface area contributed by atoms with E-state index in [2.05, 4.69) is 40.3 Å². The van der Waals surface area contributed by atoms with Crippen LogP contribution in [0.5, 0.6) is 0 Å². The van der Waals surface area contributed by atoms with Gasteiger partial charge in [-0.1, -0.05) is 19.1 Å². The molecule has 0 saturated carbocycles. The summed E-state index contributed by atoms with van der Waals surface area (Å²) >= 11 is 5.17. The molecule has 19 heavy (non-hydrogen) atoms. The van der Waals surface area contributed by atoms with E-state index >= 15 is 0 Å². The first-order valence-corrected chi connectivity index (χ1v) is 7.95. The Bertz CT molecular complexity index is 553. The van der Waals surface area contributed by atoms with Crippen LogP contribution in [0.15, 0.2) is 34.8 Å². The molecule has 0 aliphatic heterocycles. The number of likely N-dealkylation sites (N-methyl/N-ethyl adjacent to an activating group) is 1. The maximum absolute atomic E-state index is 13.6. The molecule has 2 rings (SSSR count). The minimum atomic E-state index is -0.210. The Morgan fingerprint density at radius 3 is 2.63 bits per heavy atom. The van der Waals surface area contributed by atoms with Crippen molar-refractivity contribution in [3.63, 3.8) is 0 Å². The van der Waals surface area contributed by atoms with Gasteiger partial charge in [-0.15, -0.1) is 11.3 Å². The molecule has 1 aromatic heterocycles. The number of thiophene rings is 1. The third kappa shape index (κ3) is 3.44. The molecule has 0 aliphatic carbocycles. The van der Waals surface area contributed by atoms with Gasteiger partial charge in [-0.25, -0.2) is 4.39 Å². The van der Waals surface area contributed by atoms with Crippen LogP contribution < -0.4 is 5.32 Å². The van der Waals surface area contributed by atoms with Gasteiger partial charge in [-0.05, 0) is 53.2 Å². The number of hydrogen-bond donors (Lipinski definition) is 1. The smallest absolute Gasteiger partial charge is 0.137 e. The lowest BCUT2D eigenvalue weighted by molar-refractivity contribution is 0.574. The zero-order valence-electron chi connectivity index (χ0n) is 11.0. The minimum Gasteiger partial charge on any atom is -0.313 e. The molecule has 0 aliphatic rings. The maximum atomic E-state index is 13.6. The SMILES string of the molecule is CCc1ccc(CC(NC)c2cccc(F)c2Br)s1. The van der Waals surface area contributed by atoms with Gasteiger partial charge >= 0.3 is 0 Å². The molecule has 1 nitrogen and oxygen atoms in total. The molecule has 0 fully saturated rings. The molecule has 0 amide bonds. The Labute approximate surface area is 126 Å². The van der Waals surface area contributed by atoms with Crippen LogP contribution in [0.2, 0.25) is 0 Å². The van der Waals surface area contributed by atoms with Crippen LogP contribution in [-0.4, -0.2) is 7.05 Å². The fourth-order valence-corrected chi connectivity index (χ4v) is 3.62. The minimum absolute atomic E-state index is 0.119. The summed E-state index contributed by atoms with van der Waals surface area (Å²) < 4.78 is 14.2. The number of nitrogens with one attached hydrogen (secondary N) is 1. The van der Waals surface area contributed by atoms with E-state index in [1.54, 1.807) is 6.07 Å². The molecule has 0 spiro atoms. The molecule has 0 radical (unpaired) electrons. The molecule has 1 heterocycles. The van der Waals surface area contributed by atoms with Gasteiger partial charge in [0.15, 0.2) is 0 Å². The highest BCUT2D eigenvalue weighted by molar-refractivity contribution is 9.10. The molecule has 1 atom stereocenters. The molecule has 2 aromatic rings. The summed E-state index contributed by atoms with van der Waals surface area (Å²) in [5.74, 6) is -0.210. The molecule has 102 valence electrons. The van der Waals surface area contributed by atoms with E-state index in [1.165, 1.54) is 15.8 Å². The zero-order valence-corrected chi connectivity index (χ0v) is 13.4. The van der Waals surface area contributed by atoms with Gasteiger partial charge in [0, 0.05) is 22.2 Å². The van der Waals surface area contributed by atoms with E-state index < -0.39 is 0 Å². The van der Waals surface area contributed by atoms with Crippen molar-refractivity contribution in [2.24, 2.45) is 0 Å². The lowest BCUT2D eigenvalue weighted by Crippen LogP contribution is -2.19. The fourth-order valence-electron chi connectivity index (χ4n) is 2.08. The molecule has 1 N–H and O–H groups in total. The van der Waals surface area contributed by atoms with Crippen LogP contribution in [0.25, 0.3) is 0 Å². The Kier molecular flexibility index (Phi) is 5.13. The van der Waals surface area contributed by atoms with Gasteiger partial charge < -0.3 is 5.32 Å². The maximum Gasteiger partial charge on any atom is 0.137 e. The van der Waals surface area contributed by atoms with Gasteiger partial charge in [0.1, 0.15) is 5.82 Å². The lowest BCUT2D eigenvalue weighted by Gasteiger charge is -2.17. The molecule has 1 unspecified atom stereocenters. The summed E-state index contributed by atoms with van der Waals surface area (Å²) in [6.45, 7) is 2.16. The Hall–Kier alpha value is -0.710. The predicted octanol–water partition coefficient (Wildman–Crippen LogP) is 4.72. The topological polar surface area (TPSA) is 12.0 Å². The van der Waals surface area contributed by atoms with E-state index in [9.17, 15) is 4.39 Å². The Morgan fingerprint density at radius 1 is 1.26 bits per heavy atom. The third-order valence-corrected chi connectivity index (χ3v) is 5.26. The van der Waals surface area contributed by atoms with Gasteiger partial charge in [0.05, 0.1) is 4.47 Å². The van der Waals surface area contributed by atoms with Crippen molar-refractivity contribution in [2.75, 3.05) is 7.05 Å². The van der Waals surface area contributed by atoms with E-state index in [-0.39, 0.29) is 11.9 Å². The quantitative estimate of drug-likeness (QED) is 0.829. The van der Waals surface area contributed by atoms with Gasteiger partial charge in [0.25, 0.3) is 0 Å². The van der Waals surface area contributed by atoms with E-state index in [0.29, 0.717) is 4.47 Å². The van der Waals surface area contributed by atoms with Crippen molar-refractivity contribution in [3.8, 4) is 0 Å². The van der Waals surface area contributed by atoms with Crippen LogP contribution in [0.4, 0.5) is 4.39 Å². The third-order valence-electron chi connectivity index (χ3n) is 3.18. The average Bonchev–Trinajstić information content (AvgIpc) is 2.87. The van der Waals surface area contributed by atoms with Crippen molar-refractivity contribution in [3.05, 3.63) is 55.9 Å². The summed E-state index contributed by atoms with van der Waals surface area (Å²) in [6.07, 6.45) is 1.95. The summed E-state index contributed by atoms with van der Waals surface area (Å²) in [6, 6.07) is 9.65. The van der Waals surface area contributed by atoms with Gasteiger partial charge in [-0.2, -0.15) is 0 Å². The molecule has 4 heteroatoms. The van der Waals surface area contributed by atoms with Crippen LogP contribution in [0.3, 0.4) is 0 Å². The number of rotatable bonds is 5. The lowest BCUT2D eigenvalue weighted by atomic mass is 10.0. The molecule has 0 saturated heterocycles. The molecule has 0 bridgehead atoms. The van der Waals surface area contributed by atoms with Crippen LogP contribution in [0.1, 0.15) is 28.3 Å². The van der Waals surface area contributed by atoms with Crippen molar-refractivity contribution in [2.45, 2.75) is 25.8 Å². The second-order valence-corrected chi connectivity index (χ2v) is 6.46. The summed E-state index contributed by atoms with van der Waals surface area (Å²) in [7, 11) is 1.91. The van der Waals surface area contributed by atoms with Gasteiger partial charge in [0.2, 0.25) is 0 Å². The number of hydrogen-bond acceptors (Lipinski definition) is 2. The highest BCUT2D eigenvalue weighted by Crippen LogP contribution is 2.30. The summed E-state index contributed by atoms with van der Waals surface area (Å²) in [4.78, 5) is 2.72. The van der Waals surface area contributed by atoms with E-state index in [4.69, 9.17) is 0 Å². The standard InChI is InChI=1S/C15H17BrFNS/c1-3-10-7-8-11(19-10)9-14(18-2)12-5-4-6-13(17)15(12)16/h4-8,14,18H,3,9H2,1-2H3. The van der Waals surface area contributed by atoms with Gasteiger partial charge in [-0.3, -0.25) is 0 Å². The Morgan fingerprint density at radius 2 is 2.00 bits per heavy atom. The predicted molar refractivity (Wildman–Crippen MR) is 83.3 cm³/mol. The number of aryl methyl sites for hydroxylation is 1. The Balaban J connectivity index is 2.22. The number of halogens is 2. The van der Waals surface area contributed by atoms with Crippen LogP contribution >= 0.6 is 27.3 Å². The second kappa shape index (κ2) is 6.64. The first-order chi connectivity index (χ1) is 9.15. The molecule has 1 aromatic carbocycles. The van der Waals surface area contributed by atoms with Crippen molar-refractivity contribution in [1.82, 2.24) is 5.32 Å².